The average Bonchev–Trinajstić information content (AvgIpc) is 3.04. The molecule has 3 fully saturated rings. The highest BCUT2D eigenvalue weighted by atomic mass is 14.6. The van der Waals surface area contributed by atoms with Gasteiger partial charge in [0.15, 0.2) is 0 Å². The summed E-state index contributed by atoms with van der Waals surface area (Å²) in [6, 6.07) is 0. The molecule has 0 aromatic heterocycles. The number of hydrogen-bond acceptors (Lipinski definition) is 0. The average molecular weight is 413 g/mol. The van der Waals surface area contributed by atoms with Crippen LogP contribution >= 0.6 is 0 Å². The zero-order chi connectivity index (χ0) is 21.7. The topological polar surface area (TPSA) is 0 Å². The first-order chi connectivity index (χ1) is 14.2. The first-order valence-electron chi connectivity index (χ1n) is 13.9. The first-order valence-corrected chi connectivity index (χ1v) is 13.9. The molecule has 0 radical (unpaired) electrons. The van der Waals surface area contributed by atoms with Crippen LogP contribution in [0.15, 0.2) is 11.6 Å². The van der Waals surface area contributed by atoms with Crippen LogP contribution in [-0.2, 0) is 0 Å². The zero-order valence-electron chi connectivity index (χ0n) is 21.5. The van der Waals surface area contributed by atoms with Crippen molar-refractivity contribution >= 4 is 0 Å². The summed E-state index contributed by atoms with van der Waals surface area (Å²) in [5.74, 6) is 7.57. The van der Waals surface area contributed by atoms with Gasteiger partial charge in [-0.3, -0.25) is 0 Å². The predicted molar refractivity (Wildman–Crippen MR) is 131 cm³/mol. The van der Waals surface area contributed by atoms with Crippen molar-refractivity contribution < 1.29 is 0 Å². The zero-order valence-corrected chi connectivity index (χ0v) is 21.5. The molecule has 0 spiro atoms. The Labute approximate surface area is 189 Å². The fourth-order valence-electron chi connectivity index (χ4n) is 9.28. The van der Waals surface area contributed by atoms with Crippen molar-refractivity contribution in [2.45, 2.75) is 119 Å². The Morgan fingerprint density at radius 3 is 2.37 bits per heavy atom. The quantitative estimate of drug-likeness (QED) is 0.381. The van der Waals surface area contributed by atoms with Crippen LogP contribution in [0.2, 0.25) is 0 Å². The second kappa shape index (κ2) is 8.59. The van der Waals surface area contributed by atoms with Crippen molar-refractivity contribution in [2.75, 3.05) is 0 Å². The van der Waals surface area contributed by atoms with Gasteiger partial charge in [0.05, 0.1) is 0 Å². The molecule has 0 aromatic carbocycles. The fraction of sp³-hybridized carbons (Fsp3) is 0.933. The molecule has 172 valence electrons. The van der Waals surface area contributed by atoms with Gasteiger partial charge in [-0.2, -0.15) is 0 Å². The van der Waals surface area contributed by atoms with Crippen LogP contribution in [0, 0.1) is 58.2 Å². The number of hydrogen-bond donors (Lipinski definition) is 0. The van der Waals surface area contributed by atoms with Gasteiger partial charge in [-0.25, -0.2) is 0 Å². The Balaban J connectivity index is 1.48. The lowest BCUT2D eigenvalue weighted by molar-refractivity contribution is -0.0538. The van der Waals surface area contributed by atoms with Gasteiger partial charge < -0.3 is 0 Å². The first kappa shape index (κ1) is 22.9. The van der Waals surface area contributed by atoms with Gasteiger partial charge in [-0.15, -0.1) is 0 Å². The summed E-state index contributed by atoms with van der Waals surface area (Å²) >= 11 is 0. The van der Waals surface area contributed by atoms with E-state index in [0.29, 0.717) is 10.8 Å². The lowest BCUT2D eigenvalue weighted by Crippen LogP contribution is -2.50. The van der Waals surface area contributed by atoms with Gasteiger partial charge in [-0.1, -0.05) is 79.4 Å². The Bertz CT molecular complexity index is 626. The third-order valence-electron chi connectivity index (χ3n) is 11.3. The largest absolute Gasteiger partial charge is 0.0845 e. The SMILES string of the molecule is CC(C)CCC[C@@H](C)C1CCC2[C@@H]3CC=C4C[C@@H](C(C)C)CC[C@]4(C)C3CC[C@@]21C. The number of allylic oxidation sites excluding steroid dienone is 2. The molecule has 3 unspecified atom stereocenters. The van der Waals surface area contributed by atoms with E-state index in [2.05, 4.69) is 54.5 Å². The maximum atomic E-state index is 2.78. The highest BCUT2D eigenvalue weighted by Gasteiger charge is 2.59. The van der Waals surface area contributed by atoms with E-state index in [1.54, 1.807) is 0 Å². The van der Waals surface area contributed by atoms with Crippen LogP contribution in [0.25, 0.3) is 0 Å². The third kappa shape index (κ3) is 3.85. The molecule has 0 nitrogen and oxygen atoms in total. The van der Waals surface area contributed by atoms with Crippen LogP contribution < -0.4 is 0 Å². The van der Waals surface area contributed by atoms with Crippen molar-refractivity contribution in [1.29, 1.82) is 0 Å². The van der Waals surface area contributed by atoms with Crippen LogP contribution in [-0.4, -0.2) is 0 Å². The van der Waals surface area contributed by atoms with E-state index in [1.807, 2.05) is 5.57 Å². The number of rotatable bonds is 6. The highest BCUT2D eigenvalue weighted by Crippen LogP contribution is 2.67. The molecule has 0 bridgehead atoms. The summed E-state index contributed by atoms with van der Waals surface area (Å²) < 4.78 is 0. The van der Waals surface area contributed by atoms with Gasteiger partial charge in [0.1, 0.15) is 0 Å². The number of fused-ring (bicyclic) bond motifs is 5. The van der Waals surface area contributed by atoms with Gasteiger partial charge in [0.2, 0.25) is 0 Å². The Kier molecular flexibility index (Phi) is 6.56. The lowest BCUT2D eigenvalue weighted by atomic mass is 9.46. The van der Waals surface area contributed by atoms with Crippen LogP contribution in [0.3, 0.4) is 0 Å². The minimum absolute atomic E-state index is 0.538. The predicted octanol–water partition coefficient (Wildman–Crippen LogP) is 9.30. The molecule has 30 heavy (non-hydrogen) atoms. The summed E-state index contributed by atoms with van der Waals surface area (Å²) in [4.78, 5) is 0. The molecule has 0 aliphatic heterocycles. The maximum absolute atomic E-state index is 2.78. The molecule has 0 N–H and O–H groups in total. The summed E-state index contributed by atoms with van der Waals surface area (Å²) in [6.07, 6.45) is 19.0. The van der Waals surface area contributed by atoms with Crippen LogP contribution in [0.5, 0.6) is 0 Å². The molecular formula is C30H52. The standard InChI is InChI=1S/C30H52/c1-20(2)9-8-10-22(5)26-13-14-27-25-12-11-24-19-23(21(3)4)15-17-29(24,6)28(25)16-18-30(26,27)7/h11,20-23,25-28H,8-10,12-19H2,1-7H3/t22-,23+,25+,26?,27?,28?,29+,30-/m1/s1. The van der Waals surface area contributed by atoms with Crippen molar-refractivity contribution in [3.63, 3.8) is 0 Å². The minimum atomic E-state index is 0.538. The molecule has 0 heteroatoms. The van der Waals surface area contributed by atoms with E-state index in [9.17, 15) is 0 Å². The molecule has 4 aliphatic carbocycles. The summed E-state index contributed by atoms with van der Waals surface area (Å²) in [5, 5.41) is 0. The smallest absolute Gasteiger partial charge is 0.00851 e. The maximum Gasteiger partial charge on any atom is -0.00851 e. The van der Waals surface area contributed by atoms with Crippen LogP contribution in [0.4, 0.5) is 0 Å². The van der Waals surface area contributed by atoms with Crippen molar-refractivity contribution in [1.82, 2.24) is 0 Å². The lowest BCUT2D eigenvalue weighted by Gasteiger charge is -2.59. The minimum Gasteiger partial charge on any atom is -0.0845 e. The van der Waals surface area contributed by atoms with Gasteiger partial charge in [0.25, 0.3) is 0 Å². The Hall–Kier alpha value is -0.260. The van der Waals surface area contributed by atoms with E-state index in [4.69, 9.17) is 0 Å². The van der Waals surface area contributed by atoms with Crippen molar-refractivity contribution in [3.05, 3.63) is 11.6 Å². The molecule has 3 saturated carbocycles. The normalized spacial score (nSPS) is 44.4. The molecule has 4 aliphatic rings. The Morgan fingerprint density at radius 2 is 1.67 bits per heavy atom. The van der Waals surface area contributed by atoms with Gasteiger partial charge in [-0.05, 0) is 110 Å². The molecule has 0 amide bonds. The molecular weight excluding hydrogens is 360 g/mol. The van der Waals surface area contributed by atoms with E-state index >= 15 is 0 Å². The van der Waals surface area contributed by atoms with Crippen LogP contribution in [0.1, 0.15) is 119 Å². The highest BCUT2D eigenvalue weighted by molar-refractivity contribution is 5.25. The summed E-state index contributed by atoms with van der Waals surface area (Å²) in [7, 11) is 0. The second-order valence-electron chi connectivity index (χ2n) is 13.5. The molecule has 0 heterocycles. The van der Waals surface area contributed by atoms with E-state index in [0.717, 1.165) is 47.3 Å². The molecule has 4 rings (SSSR count). The second-order valence-corrected chi connectivity index (χ2v) is 13.5. The van der Waals surface area contributed by atoms with Gasteiger partial charge in [0, 0.05) is 0 Å². The van der Waals surface area contributed by atoms with E-state index in [1.165, 1.54) is 70.6 Å². The van der Waals surface area contributed by atoms with E-state index < -0.39 is 0 Å². The third-order valence-corrected chi connectivity index (χ3v) is 11.3. The fourth-order valence-corrected chi connectivity index (χ4v) is 9.28. The van der Waals surface area contributed by atoms with Gasteiger partial charge >= 0.3 is 0 Å². The van der Waals surface area contributed by atoms with E-state index in [-0.39, 0.29) is 0 Å². The summed E-state index contributed by atoms with van der Waals surface area (Å²) in [5.41, 5.74) is 3.06. The monoisotopic (exact) mass is 412 g/mol. The molecule has 0 aromatic rings. The Morgan fingerprint density at radius 1 is 0.900 bits per heavy atom. The van der Waals surface area contributed by atoms with Crippen molar-refractivity contribution in [3.8, 4) is 0 Å². The summed E-state index contributed by atoms with van der Waals surface area (Å²) in [6.45, 7) is 17.7. The molecule has 0 saturated heterocycles. The van der Waals surface area contributed by atoms with Crippen molar-refractivity contribution in [2.24, 2.45) is 58.2 Å². The molecule has 8 atom stereocenters.